The molecule has 7 aromatic carbocycles. The third kappa shape index (κ3) is 3.84. The number of thiophene rings is 1. The van der Waals surface area contributed by atoms with Gasteiger partial charge in [-0.3, -0.25) is 0 Å². The minimum absolute atomic E-state index is 0.718. The number of para-hydroxylation sites is 1. The molecule has 0 fully saturated rings. The third-order valence-corrected chi connectivity index (χ3v) is 10.3. The Morgan fingerprint density at radius 1 is 0.457 bits per heavy atom. The molecule has 0 amide bonds. The molecule has 214 valence electrons. The maximum absolute atomic E-state index is 6.10. The fourth-order valence-corrected chi connectivity index (χ4v) is 8.11. The topological polar surface area (TPSA) is 38.9 Å². The van der Waals surface area contributed by atoms with Crippen molar-refractivity contribution < 1.29 is 4.42 Å². The zero-order valence-electron chi connectivity index (χ0n) is 24.6. The summed E-state index contributed by atoms with van der Waals surface area (Å²) in [6.45, 7) is 0. The van der Waals surface area contributed by atoms with E-state index < -0.39 is 0 Å². The highest BCUT2D eigenvalue weighted by Crippen LogP contribution is 2.43. The Hall–Kier alpha value is -5.84. The predicted molar refractivity (Wildman–Crippen MR) is 194 cm³/mol. The van der Waals surface area contributed by atoms with Gasteiger partial charge in [0.15, 0.2) is 5.82 Å². The Kier molecular flexibility index (Phi) is 5.45. The zero-order valence-corrected chi connectivity index (χ0v) is 25.4. The van der Waals surface area contributed by atoms with E-state index in [9.17, 15) is 0 Å². The van der Waals surface area contributed by atoms with Crippen molar-refractivity contribution in [1.29, 1.82) is 0 Å². The van der Waals surface area contributed by atoms with Crippen LogP contribution in [0.4, 0.5) is 0 Å². The lowest BCUT2D eigenvalue weighted by Gasteiger charge is -2.12. The molecule has 46 heavy (non-hydrogen) atoms. The van der Waals surface area contributed by atoms with Crippen LogP contribution in [0.1, 0.15) is 0 Å². The maximum atomic E-state index is 6.10. The van der Waals surface area contributed by atoms with Crippen LogP contribution in [0, 0.1) is 0 Å². The van der Waals surface area contributed by atoms with E-state index in [0.717, 1.165) is 66.6 Å². The van der Waals surface area contributed by atoms with Crippen LogP contribution in [-0.4, -0.2) is 9.97 Å². The molecule has 0 atom stereocenters. The van der Waals surface area contributed by atoms with Crippen molar-refractivity contribution in [2.24, 2.45) is 0 Å². The van der Waals surface area contributed by atoms with Crippen LogP contribution in [0.15, 0.2) is 150 Å². The van der Waals surface area contributed by atoms with E-state index in [2.05, 4.69) is 127 Å². The largest absolute Gasteiger partial charge is 0.456 e. The van der Waals surface area contributed by atoms with Crippen LogP contribution in [0.3, 0.4) is 0 Å². The average molecular weight is 605 g/mol. The molecule has 0 radical (unpaired) electrons. The second-order valence-electron chi connectivity index (χ2n) is 11.8. The van der Waals surface area contributed by atoms with Gasteiger partial charge in [0.25, 0.3) is 0 Å². The summed E-state index contributed by atoms with van der Waals surface area (Å²) in [5.74, 6) is 0.718. The molecule has 4 heteroatoms. The monoisotopic (exact) mass is 604 g/mol. The molecular formula is C42H24N2OS. The highest BCUT2D eigenvalue weighted by atomic mass is 32.1. The van der Waals surface area contributed by atoms with Gasteiger partial charge >= 0.3 is 0 Å². The Labute approximate surface area is 268 Å². The molecule has 0 bridgehead atoms. The van der Waals surface area contributed by atoms with Gasteiger partial charge in [-0.15, -0.1) is 11.3 Å². The molecule has 0 N–H and O–H groups in total. The van der Waals surface area contributed by atoms with Crippen molar-refractivity contribution in [3.8, 4) is 33.8 Å². The van der Waals surface area contributed by atoms with Crippen LogP contribution < -0.4 is 0 Å². The molecule has 0 aliphatic heterocycles. The molecular weight excluding hydrogens is 581 g/mol. The van der Waals surface area contributed by atoms with Crippen molar-refractivity contribution in [2.75, 3.05) is 0 Å². The van der Waals surface area contributed by atoms with Crippen LogP contribution in [0.25, 0.3) is 97.6 Å². The number of nitrogens with zero attached hydrogens (tertiary/aromatic N) is 2. The number of fused-ring (bicyclic) bond motifs is 10. The van der Waals surface area contributed by atoms with E-state index in [1.165, 1.54) is 30.9 Å². The summed E-state index contributed by atoms with van der Waals surface area (Å²) in [6.07, 6.45) is 0. The molecule has 0 spiro atoms. The number of furan rings is 1. The number of rotatable bonds is 3. The molecule has 3 heterocycles. The van der Waals surface area contributed by atoms with E-state index >= 15 is 0 Å². The van der Waals surface area contributed by atoms with Crippen LogP contribution >= 0.6 is 11.3 Å². The quantitative estimate of drug-likeness (QED) is 0.201. The Balaban J connectivity index is 1.22. The number of benzene rings is 7. The summed E-state index contributed by atoms with van der Waals surface area (Å²) in [5.41, 5.74) is 8.03. The zero-order chi connectivity index (χ0) is 30.2. The summed E-state index contributed by atoms with van der Waals surface area (Å²) in [4.78, 5) is 10.6. The van der Waals surface area contributed by atoms with Gasteiger partial charge in [-0.05, 0) is 58.3 Å². The fourth-order valence-electron chi connectivity index (χ4n) is 6.87. The first-order valence-electron chi connectivity index (χ1n) is 15.4. The smallest absolute Gasteiger partial charge is 0.160 e. The summed E-state index contributed by atoms with van der Waals surface area (Å²) >= 11 is 1.84. The first-order valence-corrected chi connectivity index (χ1v) is 16.2. The number of hydrogen-bond acceptors (Lipinski definition) is 4. The fraction of sp³-hybridized carbons (Fsp3) is 0. The number of aromatic nitrogens is 2. The second kappa shape index (κ2) is 9.83. The minimum atomic E-state index is 0.718. The predicted octanol–water partition coefficient (Wildman–Crippen LogP) is 12.1. The van der Waals surface area contributed by atoms with Crippen LogP contribution in [-0.2, 0) is 0 Å². The summed E-state index contributed by atoms with van der Waals surface area (Å²) < 4.78 is 8.63. The molecule has 10 aromatic rings. The molecule has 0 aliphatic carbocycles. The Morgan fingerprint density at radius 3 is 2.13 bits per heavy atom. The van der Waals surface area contributed by atoms with Crippen molar-refractivity contribution in [2.45, 2.75) is 0 Å². The molecule has 0 saturated heterocycles. The normalized spacial score (nSPS) is 11.9. The van der Waals surface area contributed by atoms with E-state index in [1.807, 2.05) is 29.5 Å². The Bertz CT molecular complexity index is 2810. The number of hydrogen-bond donors (Lipinski definition) is 0. The standard InChI is InChI=1S/C42H24N2OS/c1-2-10-26(11-3-1)39-33-20-22-37-38(32-19-17-25-9-4-5-14-30(25)41(32)46-37)40(33)44-42(43-39)29-13-8-12-27(23-29)28-18-21-36-34(24-28)31-15-6-7-16-35(31)45-36/h1-24H. The molecule has 0 saturated carbocycles. The van der Waals surface area contributed by atoms with Gasteiger partial charge in [0.1, 0.15) is 11.2 Å². The van der Waals surface area contributed by atoms with Crippen molar-refractivity contribution >= 4 is 75.1 Å². The lowest BCUT2D eigenvalue weighted by atomic mass is 9.99. The average Bonchev–Trinajstić information content (AvgIpc) is 3.70. The molecule has 3 nitrogen and oxygen atoms in total. The summed E-state index contributed by atoms with van der Waals surface area (Å²) in [6, 6.07) is 51.2. The highest BCUT2D eigenvalue weighted by molar-refractivity contribution is 7.26. The van der Waals surface area contributed by atoms with Gasteiger partial charge in [-0.2, -0.15) is 0 Å². The van der Waals surface area contributed by atoms with Gasteiger partial charge in [-0.1, -0.05) is 109 Å². The van der Waals surface area contributed by atoms with Gasteiger partial charge in [-0.25, -0.2) is 9.97 Å². The van der Waals surface area contributed by atoms with Crippen molar-refractivity contribution in [3.63, 3.8) is 0 Å². The van der Waals surface area contributed by atoms with Gasteiger partial charge in [0.2, 0.25) is 0 Å². The highest BCUT2D eigenvalue weighted by Gasteiger charge is 2.18. The first-order chi connectivity index (χ1) is 22.8. The van der Waals surface area contributed by atoms with E-state index in [-0.39, 0.29) is 0 Å². The van der Waals surface area contributed by atoms with E-state index in [0.29, 0.717) is 0 Å². The summed E-state index contributed by atoms with van der Waals surface area (Å²) in [5, 5.41) is 8.27. The van der Waals surface area contributed by atoms with Crippen LogP contribution in [0.2, 0.25) is 0 Å². The van der Waals surface area contributed by atoms with Crippen molar-refractivity contribution in [3.05, 3.63) is 146 Å². The van der Waals surface area contributed by atoms with Gasteiger partial charge < -0.3 is 4.42 Å². The molecule has 0 unspecified atom stereocenters. The maximum Gasteiger partial charge on any atom is 0.160 e. The molecule has 3 aromatic heterocycles. The molecule has 0 aliphatic rings. The van der Waals surface area contributed by atoms with Crippen molar-refractivity contribution in [1.82, 2.24) is 9.97 Å². The first kappa shape index (κ1) is 25.5. The van der Waals surface area contributed by atoms with Crippen LogP contribution in [0.5, 0.6) is 0 Å². The van der Waals surface area contributed by atoms with Gasteiger partial charge in [0, 0.05) is 47.5 Å². The lowest BCUT2D eigenvalue weighted by Crippen LogP contribution is -1.96. The minimum Gasteiger partial charge on any atom is -0.456 e. The van der Waals surface area contributed by atoms with E-state index in [4.69, 9.17) is 14.4 Å². The molecule has 10 rings (SSSR count). The SMILES string of the molecule is c1ccc(-c2nc(-c3cccc(-c4ccc5oc6ccccc6c5c4)c3)nc3c2ccc2sc4c5ccccc5ccc4c23)cc1. The second-order valence-corrected chi connectivity index (χ2v) is 12.8. The Morgan fingerprint density at radius 2 is 1.20 bits per heavy atom. The summed E-state index contributed by atoms with van der Waals surface area (Å²) in [7, 11) is 0. The van der Waals surface area contributed by atoms with E-state index in [1.54, 1.807) is 0 Å². The lowest BCUT2D eigenvalue weighted by molar-refractivity contribution is 0.669. The van der Waals surface area contributed by atoms with Gasteiger partial charge in [0.05, 0.1) is 11.2 Å². The third-order valence-electron chi connectivity index (χ3n) is 9.07.